The highest BCUT2D eigenvalue weighted by atomic mass is 16.9. The molecule has 0 spiro atoms. The largest absolute Gasteiger partial charge is 0.408 e. The number of hydrogen-bond acceptors (Lipinski definition) is 5. The maximum absolute atomic E-state index is 10.6. The zero-order chi connectivity index (χ0) is 11.0. The van der Waals surface area contributed by atoms with E-state index in [9.17, 15) is 4.79 Å². The molecule has 6 heteroatoms. The standard InChI is InChI=1S/C8H17NO5/c1-4-12-6-8(11-3,13-5-2)14-7(9)10/h4-6H2,1-3H3,(H2,9,10). The molecule has 2 N–H and O–H groups in total. The van der Waals surface area contributed by atoms with Crippen LogP contribution in [0.2, 0.25) is 0 Å². The molecule has 14 heavy (non-hydrogen) atoms. The second-order valence-corrected chi connectivity index (χ2v) is 2.38. The van der Waals surface area contributed by atoms with Gasteiger partial charge in [-0.2, -0.15) is 0 Å². The summed E-state index contributed by atoms with van der Waals surface area (Å²) in [6, 6.07) is 0. The molecule has 0 heterocycles. The summed E-state index contributed by atoms with van der Waals surface area (Å²) in [7, 11) is 1.34. The van der Waals surface area contributed by atoms with Crippen molar-refractivity contribution in [1.82, 2.24) is 0 Å². The number of rotatable bonds is 7. The van der Waals surface area contributed by atoms with Crippen molar-refractivity contribution in [3.05, 3.63) is 0 Å². The van der Waals surface area contributed by atoms with Crippen molar-refractivity contribution in [3.63, 3.8) is 0 Å². The van der Waals surface area contributed by atoms with Gasteiger partial charge in [0.05, 0.1) is 6.61 Å². The Bertz CT molecular complexity index is 175. The highest BCUT2D eigenvalue weighted by Crippen LogP contribution is 2.14. The molecule has 0 saturated heterocycles. The van der Waals surface area contributed by atoms with Gasteiger partial charge >= 0.3 is 12.1 Å². The third-order valence-electron chi connectivity index (χ3n) is 1.41. The lowest BCUT2D eigenvalue weighted by atomic mass is 10.5. The topological polar surface area (TPSA) is 80.0 Å². The summed E-state index contributed by atoms with van der Waals surface area (Å²) in [5, 5.41) is 0. The Kier molecular flexibility index (Phi) is 6.18. The number of carbonyl (C=O) groups excluding carboxylic acids is 1. The van der Waals surface area contributed by atoms with E-state index in [1.165, 1.54) is 7.11 Å². The van der Waals surface area contributed by atoms with Crippen LogP contribution in [-0.2, 0) is 18.9 Å². The number of amides is 1. The van der Waals surface area contributed by atoms with Crippen LogP contribution >= 0.6 is 0 Å². The van der Waals surface area contributed by atoms with Gasteiger partial charge < -0.3 is 24.7 Å². The second-order valence-electron chi connectivity index (χ2n) is 2.38. The SMILES string of the molecule is CCOCC(OC)(OCC)OC(N)=O. The minimum Gasteiger partial charge on any atom is -0.389 e. The molecule has 0 aliphatic heterocycles. The Hall–Kier alpha value is -0.850. The van der Waals surface area contributed by atoms with E-state index in [1.807, 2.05) is 0 Å². The van der Waals surface area contributed by atoms with Crippen LogP contribution in [0.3, 0.4) is 0 Å². The smallest absolute Gasteiger partial charge is 0.389 e. The Labute approximate surface area is 83.2 Å². The summed E-state index contributed by atoms with van der Waals surface area (Å²) >= 11 is 0. The first-order valence-electron chi connectivity index (χ1n) is 4.35. The van der Waals surface area contributed by atoms with Crippen LogP contribution in [0.15, 0.2) is 0 Å². The van der Waals surface area contributed by atoms with E-state index in [1.54, 1.807) is 13.8 Å². The molecule has 0 saturated carbocycles. The minimum atomic E-state index is -1.53. The second kappa shape index (κ2) is 6.58. The average Bonchev–Trinajstić information content (AvgIpc) is 2.14. The maximum atomic E-state index is 10.6. The molecule has 6 nitrogen and oxygen atoms in total. The number of methoxy groups -OCH3 is 1. The fourth-order valence-electron chi connectivity index (χ4n) is 0.860. The van der Waals surface area contributed by atoms with Gasteiger partial charge in [-0.05, 0) is 13.8 Å². The highest BCUT2D eigenvalue weighted by molar-refractivity contribution is 5.64. The molecular formula is C8H17NO5. The highest BCUT2D eigenvalue weighted by Gasteiger charge is 2.35. The lowest BCUT2D eigenvalue weighted by Gasteiger charge is -2.29. The Morgan fingerprint density at radius 1 is 1.36 bits per heavy atom. The van der Waals surface area contributed by atoms with Crippen molar-refractivity contribution in [1.29, 1.82) is 0 Å². The van der Waals surface area contributed by atoms with Gasteiger partial charge in [0.1, 0.15) is 6.61 Å². The van der Waals surface area contributed by atoms with Crippen molar-refractivity contribution < 1.29 is 23.7 Å². The molecule has 0 aliphatic rings. The molecular weight excluding hydrogens is 190 g/mol. The van der Waals surface area contributed by atoms with Crippen LogP contribution in [-0.4, -0.2) is 39.0 Å². The first-order valence-corrected chi connectivity index (χ1v) is 4.35. The van der Waals surface area contributed by atoms with Gasteiger partial charge in [0.15, 0.2) is 0 Å². The van der Waals surface area contributed by atoms with Crippen molar-refractivity contribution >= 4 is 6.09 Å². The van der Waals surface area contributed by atoms with E-state index in [4.69, 9.17) is 24.7 Å². The van der Waals surface area contributed by atoms with Gasteiger partial charge in [-0.25, -0.2) is 4.79 Å². The third-order valence-corrected chi connectivity index (χ3v) is 1.41. The molecule has 0 radical (unpaired) electrons. The van der Waals surface area contributed by atoms with Crippen molar-refractivity contribution in [2.75, 3.05) is 26.9 Å². The minimum absolute atomic E-state index is 0.0171. The first-order chi connectivity index (χ1) is 6.60. The van der Waals surface area contributed by atoms with E-state index in [2.05, 4.69) is 0 Å². The van der Waals surface area contributed by atoms with Crippen molar-refractivity contribution in [3.8, 4) is 0 Å². The number of nitrogens with two attached hydrogens (primary N) is 1. The third kappa shape index (κ3) is 4.40. The predicted octanol–water partition coefficient (Wildman–Crippen LogP) is 0.455. The van der Waals surface area contributed by atoms with Gasteiger partial charge in [-0.15, -0.1) is 0 Å². The van der Waals surface area contributed by atoms with Crippen LogP contribution in [0.5, 0.6) is 0 Å². The molecule has 1 atom stereocenters. The molecule has 0 aliphatic carbocycles. The average molecular weight is 207 g/mol. The van der Waals surface area contributed by atoms with Crippen LogP contribution in [0.25, 0.3) is 0 Å². The molecule has 0 aromatic rings. The van der Waals surface area contributed by atoms with Gasteiger partial charge in [-0.1, -0.05) is 0 Å². The zero-order valence-corrected chi connectivity index (χ0v) is 8.74. The fraction of sp³-hybridized carbons (Fsp3) is 0.875. The van der Waals surface area contributed by atoms with Crippen LogP contribution in [0.1, 0.15) is 13.8 Å². The number of ether oxygens (including phenoxy) is 4. The Morgan fingerprint density at radius 2 is 2.00 bits per heavy atom. The van der Waals surface area contributed by atoms with Crippen LogP contribution in [0, 0.1) is 0 Å². The summed E-state index contributed by atoms with van der Waals surface area (Å²) in [6.45, 7) is 4.30. The van der Waals surface area contributed by atoms with E-state index >= 15 is 0 Å². The molecule has 1 amide bonds. The molecule has 0 aromatic heterocycles. The van der Waals surface area contributed by atoms with Crippen molar-refractivity contribution in [2.24, 2.45) is 5.73 Å². The van der Waals surface area contributed by atoms with Crippen molar-refractivity contribution in [2.45, 2.75) is 19.8 Å². The van der Waals surface area contributed by atoms with E-state index in [0.717, 1.165) is 0 Å². The number of hydrogen-bond donors (Lipinski definition) is 1. The van der Waals surface area contributed by atoms with Gasteiger partial charge in [0.2, 0.25) is 0 Å². The predicted molar refractivity (Wildman–Crippen MR) is 48.5 cm³/mol. The quantitative estimate of drug-likeness (QED) is 0.613. The maximum Gasteiger partial charge on any atom is 0.408 e. The lowest BCUT2D eigenvalue weighted by molar-refractivity contribution is -0.359. The summed E-state index contributed by atoms with van der Waals surface area (Å²) in [4.78, 5) is 10.6. The molecule has 0 aromatic carbocycles. The van der Waals surface area contributed by atoms with Gasteiger partial charge in [0.25, 0.3) is 0 Å². The van der Waals surface area contributed by atoms with E-state index in [0.29, 0.717) is 13.2 Å². The van der Waals surface area contributed by atoms with Crippen LogP contribution in [0.4, 0.5) is 4.79 Å². The van der Waals surface area contributed by atoms with E-state index in [-0.39, 0.29) is 6.61 Å². The van der Waals surface area contributed by atoms with Gasteiger partial charge in [0, 0.05) is 13.7 Å². The summed E-state index contributed by atoms with van der Waals surface area (Å²) in [5.74, 6) is -1.53. The molecule has 0 rings (SSSR count). The Balaban J connectivity index is 4.33. The first kappa shape index (κ1) is 13.2. The zero-order valence-electron chi connectivity index (χ0n) is 8.74. The summed E-state index contributed by atoms with van der Waals surface area (Å²) < 4.78 is 19.8. The summed E-state index contributed by atoms with van der Waals surface area (Å²) in [5.41, 5.74) is 4.88. The lowest BCUT2D eigenvalue weighted by Crippen LogP contribution is -2.46. The molecule has 1 unspecified atom stereocenters. The van der Waals surface area contributed by atoms with Gasteiger partial charge in [-0.3, -0.25) is 0 Å². The van der Waals surface area contributed by atoms with Crippen LogP contribution < -0.4 is 5.73 Å². The molecule has 0 bridgehead atoms. The molecule has 0 fully saturated rings. The number of carbonyl (C=O) groups is 1. The van der Waals surface area contributed by atoms with E-state index < -0.39 is 12.1 Å². The molecule has 84 valence electrons. The Morgan fingerprint density at radius 3 is 2.36 bits per heavy atom. The normalized spacial score (nSPS) is 14.8. The monoisotopic (exact) mass is 207 g/mol. The summed E-state index contributed by atoms with van der Waals surface area (Å²) in [6.07, 6.45) is -0.972. The fourth-order valence-corrected chi connectivity index (χ4v) is 0.860. The number of primary amides is 1.